The summed E-state index contributed by atoms with van der Waals surface area (Å²) in [5.41, 5.74) is 5.02. The zero-order chi connectivity index (χ0) is 12.3. The van der Waals surface area contributed by atoms with Gasteiger partial charge in [0.15, 0.2) is 5.75 Å². The molecule has 0 spiro atoms. The second-order valence-corrected chi connectivity index (χ2v) is 4.35. The highest BCUT2D eigenvalue weighted by molar-refractivity contribution is 7.98. The minimum absolute atomic E-state index is 0.382. The lowest BCUT2D eigenvalue weighted by molar-refractivity contribution is 0.419. The predicted octanol–water partition coefficient (Wildman–Crippen LogP) is 1.61. The fourth-order valence-corrected chi connectivity index (χ4v) is 1.90. The molecule has 0 saturated heterocycles. The van der Waals surface area contributed by atoms with E-state index >= 15 is 0 Å². The number of thioether (sulfide) groups is 1. The fourth-order valence-electron chi connectivity index (χ4n) is 1.15. The summed E-state index contributed by atoms with van der Waals surface area (Å²) in [7, 11) is 0. The average molecular weight is 250 g/mol. The molecule has 0 radical (unpaired) electrons. The standard InChI is InChI=1S/C11H10N2O3S/c12-11-2-1-8(4-13-11)17-6-7-3-9(14)10(15)5-16-7/h1-5,15H,6H2,(H2,12,13). The summed E-state index contributed by atoms with van der Waals surface area (Å²) in [6, 6.07) is 4.81. The Morgan fingerprint density at radius 2 is 2.29 bits per heavy atom. The first-order valence-electron chi connectivity index (χ1n) is 4.80. The molecule has 0 fully saturated rings. The van der Waals surface area contributed by atoms with Crippen molar-refractivity contribution in [2.24, 2.45) is 0 Å². The molecule has 2 aromatic heterocycles. The van der Waals surface area contributed by atoms with Crippen LogP contribution in [0.15, 0.2) is 44.8 Å². The number of aromatic hydroxyl groups is 1. The van der Waals surface area contributed by atoms with Crippen LogP contribution < -0.4 is 11.2 Å². The lowest BCUT2D eigenvalue weighted by atomic mass is 10.4. The quantitative estimate of drug-likeness (QED) is 0.804. The monoisotopic (exact) mass is 250 g/mol. The molecule has 0 atom stereocenters. The van der Waals surface area contributed by atoms with Crippen molar-refractivity contribution in [3.63, 3.8) is 0 Å². The highest BCUT2D eigenvalue weighted by Gasteiger charge is 2.03. The van der Waals surface area contributed by atoms with Gasteiger partial charge < -0.3 is 15.3 Å². The van der Waals surface area contributed by atoms with Crippen LogP contribution in [0.3, 0.4) is 0 Å². The van der Waals surface area contributed by atoms with Crippen LogP contribution in [0.25, 0.3) is 0 Å². The minimum atomic E-state index is -0.442. The van der Waals surface area contributed by atoms with Gasteiger partial charge in [0.05, 0.1) is 5.75 Å². The van der Waals surface area contributed by atoms with Gasteiger partial charge in [-0.05, 0) is 12.1 Å². The van der Waals surface area contributed by atoms with Crippen LogP contribution in [-0.4, -0.2) is 10.1 Å². The maximum absolute atomic E-state index is 11.1. The normalized spacial score (nSPS) is 10.4. The largest absolute Gasteiger partial charge is 0.502 e. The maximum Gasteiger partial charge on any atom is 0.226 e. The van der Waals surface area contributed by atoms with Crippen molar-refractivity contribution in [2.75, 3.05) is 5.73 Å². The van der Waals surface area contributed by atoms with E-state index in [0.29, 0.717) is 17.3 Å². The zero-order valence-electron chi connectivity index (χ0n) is 8.79. The van der Waals surface area contributed by atoms with Crippen molar-refractivity contribution in [1.29, 1.82) is 0 Å². The number of nitrogen functional groups attached to an aromatic ring is 1. The number of anilines is 1. The molecule has 88 valence electrons. The third kappa shape index (κ3) is 3.01. The SMILES string of the molecule is Nc1ccc(SCc2cc(=O)c(O)co2)cn1. The van der Waals surface area contributed by atoms with Gasteiger partial charge in [0, 0.05) is 17.2 Å². The Morgan fingerprint density at radius 3 is 2.94 bits per heavy atom. The van der Waals surface area contributed by atoms with Crippen molar-refractivity contribution < 1.29 is 9.52 Å². The minimum Gasteiger partial charge on any atom is -0.502 e. The molecule has 0 aliphatic carbocycles. The molecule has 5 nitrogen and oxygen atoms in total. The molecule has 17 heavy (non-hydrogen) atoms. The van der Waals surface area contributed by atoms with Crippen LogP contribution in [0.5, 0.6) is 5.75 Å². The number of aromatic nitrogens is 1. The van der Waals surface area contributed by atoms with Gasteiger partial charge in [-0.15, -0.1) is 11.8 Å². The molecule has 2 aromatic rings. The van der Waals surface area contributed by atoms with Crippen LogP contribution in [-0.2, 0) is 5.75 Å². The second kappa shape index (κ2) is 4.92. The zero-order valence-corrected chi connectivity index (χ0v) is 9.61. The van der Waals surface area contributed by atoms with Crippen LogP contribution in [0.1, 0.15) is 5.76 Å². The van der Waals surface area contributed by atoms with Gasteiger partial charge in [0.2, 0.25) is 5.43 Å². The highest BCUT2D eigenvalue weighted by atomic mass is 32.2. The molecular weight excluding hydrogens is 240 g/mol. The van der Waals surface area contributed by atoms with Crippen LogP contribution >= 0.6 is 11.8 Å². The van der Waals surface area contributed by atoms with E-state index in [9.17, 15) is 4.79 Å². The van der Waals surface area contributed by atoms with Gasteiger partial charge in [0.25, 0.3) is 0 Å². The number of nitrogens with two attached hydrogens (primary N) is 1. The second-order valence-electron chi connectivity index (χ2n) is 3.30. The molecule has 0 unspecified atom stereocenters. The summed E-state index contributed by atoms with van der Waals surface area (Å²) in [6.45, 7) is 0. The smallest absolute Gasteiger partial charge is 0.226 e. The molecule has 6 heteroatoms. The van der Waals surface area contributed by atoms with Gasteiger partial charge in [0.1, 0.15) is 17.8 Å². The van der Waals surface area contributed by atoms with Crippen LogP contribution in [0.2, 0.25) is 0 Å². The summed E-state index contributed by atoms with van der Waals surface area (Å²) in [5, 5.41) is 9.02. The number of hydrogen-bond donors (Lipinski definition) is 2. The maximum atomic E-state index is 11.1. The Labute approximate surface area is 101 Å². The van der Waals surface area contributed by atoms with Gasteiger partial charge in [-0.25, -0.2) is 4.98 Å². The van der Waals surface area contributed by atoms with E-state index < -0.39 is 5.43 Å². The first kappa shape index (κ1) is 11.5. The lowest BCUT2D eigenvalue weighted by Crippen LogP contribution is -1.99. The molecule has 0 aliphatic heterocycles. The molecule has 3 N–H and O–H groups in total. The van der Waals surface area contributed by atoms with Crippen molar-refractivity contribution in [2.45, 2.75) is 10.6 Å². The van der Waals surface area contributed by atoms with E-state index in [1.165, 1.54) is 17.8 Å². The van der Waals surface area contributed by atoms with E-state index in [4.69, 9.17) is 15.3 Å². The molecule has 0 saturated carbocycles. The third-order valence-electron chi connectivity index (χ3n) is 2.01. The van der Waals surface area contributed by atoms with Gasteiger partial charge in [-0.2, -0.15) is 0 Å². The fraction of sp³-hybridized carbons (Fsp3) is 0.0909. The first-order valence-corrected chi connectivity index (χ1v) is 5.79. The molecular formula is C11H10N2O3S. The lowest BCUT2D eigenvalue weighted by Gasteiger charge is -2.01. The van der Waals surface area contributed by atoms with E-state index in [0.717, 1.165) is 11.2 Å². The van der Waals surface area contributed by atoms with E-state index in [1.807, 2.05) is 6.07 Å². The topological polar surface area (TPSA) is 89.4 Å². The first-order chi connectivity index (χ1) is 8.15. The van der Waals surface area contributed by atoms with Gasteiger partial charge in [-0.1, -0.05) is 0 Å². The Morgan fingerprint density at radius 1 is 1.47 bits per heavy atom. The molecule has 0 bridgehead atoms. The van der Waals surface area contributed by atoms with Crippen LogP contribution in [0.4, 0.5) is 5.82 Å². The number of pyridine rings is 1. The van der Waals surface area contributed by atoms with Crippen molar-refractivity contribution >= 4 is 17.6 Å². The summed E-state index contributed by atoms with van der Waals surface area (Å²) in [6.07, 6.45) is 2.69. The molecule has 0 amide bonds. The summed E-state index contributed by atoms with van der Waals surface area (Å²) in [5.74, 6) is 1.06. The van der Waals surface area contributed by atoms with E-state index in [2.05, 4.69) is 4.98 Å². The average Bonchev–Trinajstić information content (AvgIpc) is 2.33. The van der Waals surface area contributed by atoms with Gasteiger partial charge in [-0.3, -0.25) is 4.79 Å². The third-order valence-corrected chi connectivity index (χ3v) is 3.01. The van der Waals surface area contributed by atoms with E-state index in [-0.39, 0.29) is 5.75 Å². The Kier molecular flexibility index (Phi) is 3.34. The molecule has 0 aliphatic rings. The highest BCUT2D eigenvalue weighted by Crippen LogP contribution is 2.22. The summed E-state index contributed by atoms with van der Waals surface area (Å²) < 4.78 is 5.07. The summed E-state index contributed by atoms with van der Waals surface area (Å²) in [4.78, 5) is 16.0. The number of hydrogen-bond acceptors (Lipinski definition) is 6. The molecule has 2 heterocycles. The Balaban J connectivity index is 2.04. The molecule has 0 aromatic carbocycles. The Hall–Kier alpha value is -1.95. The van der Waals surface area contributed by atoms with Crippen molar-refractivity contribution in [3.8, 4) is 5.75 Å². The Bertz CT molecular complexity index is 566. The van der Waals surface area contributed by atoms with Crippen molar-refractivity contribution in [1.82, 2.24) is 4.98 Å². The number of rotatable bonds is 3. The van der Waals surface area contributed by atoms with Gasteiger partial charge >= 0.3 is 0 Å². The van der Waals surface area contributed by atoms with Crippen molar-refractivity contribution in [3.05, 3.63) is 46.6 Å². The van der Waals surface area contributed by atoms with Crippen LogP contribution in [0, 0.1) is 0 Å². The van der Waals surface area contributed by atoms with E-state index in [1.54, 1.807) is 12.3 Å². The number of nitrogens with zero attached hydrogens (tertiary/aromatic N) is 1. The summed E-state index contributed by atoms with van der Waals surface area (Å²) >= 11 is 1.46. The predicted molar refractivity (Wildman–Crippen MR) is 64.9 cm³/mol. The molecule has 2 rings (SSSR count).